The average molecular weight is 236 g/mol. The summed E-state index contributed by atoms with van der Waals surface area (Å²) in [5, 5.41) is 0.306. The van der Waals surface area contributed by atoms with Crippen molar-refractivity contribution < 1.29 is 14.3 Å². The fourth-order valence-corrected chi connectivity index (χ4v) is 1.38. The van der Waals surface area contributed by atoms with E-state index >= 15 is 0 Å². The molecule has 0 fully saturated rings. The quantitative estimate of drug-likeness (QED) is 0.462. The van der Waals surface area contributed by atoms with E-state index in [9.17, 15) is 4.79 Å². The van der Waals surface area contributed by atoms with Gasteiger partial charge in [-0.05, 0) is 12.1 Å². The molecule has 0 saturated heterocycles. The molecule has 2 N–H and O–H groups in total. The molecule has 4 nitrogen and oxygen atoms in total. The van der Waals surface area contributed by atoms with Crippen molar-refractivity contribution in [1.29, 1.82) is 0 Å². The number of anilines is 1. The fourth-order valence-electron chi connectivity index (χ4n) is 0.802. The summed E-state index contributed by atoms with van der Waals surface area (Å²) < 4.78 is 8.98. The molecule has 1 rings (SSSR count). The first-order valence-electron chi connectivity index (χ1n) is 3.55. The molecule has 14 heavy (non-hydrogen) atoms. The second kappa shape index (κ2) is 4.39. The molecule has 0 bridgehead atoms. The SMILES string of the molecule is COC(=O)Oc1c(Cl)cc(N)cc1Cl. The minimum atomic E-state index is -0.890. The van der Waals surface area contributed by atoms with Gasteiger partial charge in [0.05, 0.1) is 17.2 Å². The molecule has 0 aliphatic rings. The summed E-state index contributed by atoms with van der Waals surface area (Å²) in [6.45, 7) is 0. The van der Waals surface area contributed by atoms with E-state index in [2.05, 4.69) is 4.74 Å². The lowest BCUT2D eigenvalue weighted by molar-refractivity contribution is 0.121. The number of halogens is 2. The van der Waals surface area contributed by atoms with Crippen LogP contribution in [0.15, 0.2) is 12.1 Å². The van der Waals surface area contributed by atoms with Crippen LogP contribution in [-0.4, -0.2) is 13.3 Å². The average Bonchev–Trinajstić information content (AvgIpc) is 2.10. The first-order valence-corrected chi connectivity index (χ1v) is 4.30. The lowest BCUT2D eigenvalue weighted by atomic mass is 10.3. The Kier molecular flexibility index (Phi) is 3.43. The van der Waals surface area contributed by atoms with E-state index in [1.165, 1.54) is 19.2 Å². The Hall–Kier alpha value is -1.13. The molecule has 0 heterocycles. The van der Waals surface area contributed by atoms with Gasteiger partial charge in [0.1, 0.15) is 0 Å². The van der Waals surface area contributed by atoms with Gasteiger partial charge in [0, 0.05) is 5.69 Å². The van der Waals surface area contributed by atoms with E-state index < -0.39 is 6.16 Å². The number of carbonyl (C=O) groups excluding carboxylic acids is 1. The van der Waals surface area contributed by atoms with E-state index in [-0.39, 0.29) is 15.8 Å². The van der Waals surface area contributed by atoms with Crippen molar-refractivity contribution >= 4 is 35.0 Å². The lowest BCUT2D eigenvalue weighted by Gasteiger charge is -2.07. The molecule has 0 unspecified atom stereocenters. The van der Waals surface area contributed by atoms with Gasteiger partial charge in [-0.3, -0.25) is 0 Å². The zero-order chi connectivity index (χ0) is 10.7. The molecule has 1 aromatic rings. The van der Waals surface area contributed by atoms with Crippen LogP contribution in [0.4, 0.5) is 10.5 Å². The van der Waals surface area contributed by atoms with Gasteiger partial charge in [-0.1, -0.05) is 23.2 Å². The zero-order valence-electron chi connectivity index (χ0n) is 7.21. The maximum absolute atomic E-state index is 10.8. The van der Waals surface area contributed by atoms with Crippen LogP contribution in [0, 0.1) is 0 Å². The van der Waals surface area contributed by atoms with Crippen molar-refractivity contribution in [2.24, 2.45) is 0 Å². The number of benzene rings is 1. The van der Waals surface area contributed by atoms with Crippen molar-refractivity contribution in [3.05, 3.63) is 22.2 Å². The van der Waals surface area contributed by atoms with Crippen LogP contribution in [0.3, 0.4) is 0 Å². The first kappa shape index (κ1) is 10.9. The van der Waals surface area contributed by atoms with Gasteiger partial charge in [0.2, 0.25) is 0 Å². The molecule has 0 aliphatic heterocycles. The van der Waals surface area contributed by atoms with Crippen molar-refractivity contribution in [3.63, 3.8) is 0 Å². The van der Waals surface area contributed by atoms with Crippen LogP contribution in [0.5, 0.6) is 5.75 Å². The van der Waals surface area contributed by atoms with Crippen LogP contribution in [-0.2, 0) is 4.74 Å². The van der Waals surface area contributed by atoms with Gasteiger partial charge >= 0.3 is 6.16 Å². The molecule has 0 saturated carbocycles. The van der Waals surface area contributed by atoms with Crippen molar-refractivity contribution in [2.75, 3.05) is 12.8 Å². The van der Waals surface area contributed by atoms with E-state index in [0.29, 0.717) is 5.69 Å². The molecule has 0 spiro atoms. The normalized spacial score (nSPS) is 9.64. The fraction of sp³-hybridized carbons (Fsp3) is 0.125. The Morgan fingerprint density at radius 2 is 1.86 bits per heavy atom. The van der Waals surface area contributed by atoms with Gasteiger partial charge in [-0.25, -0.2) is 4.79 Å². The highest BCUT2D eigenvalue weighted by atomic mass is 35.5. The molecular formula is C8H7Cl2NO3. The summed E-state index contributed by atoms with van der Waals surface area (Å²) in [6, 6.07) is 2.84. The molecule has 1 aromatic carbocycles. The largest absolute Gasteiger partial charge is 0.513 e. The summed E-state index contributed by atoms with van der Waals surface area (Å²) in [4.78, 5) is 10.8. The topological polar surface area (TPSA) is 61.5 Å². The summed E-state index contributed by atoms with van der Waals surface area (Å²) in [5.74, 6) is 0.0365. The van der Waals surface area contributed by atoms with E-state index in [4.69, 9.17) is 33.7 Å². The molecule has 0 amide bonds. The van der Waals surface area contributed by atoms with Crippen LogP contribution < -0.4 is 10.5 Å². The third kappa shape index (κ3) is 2.43. The second-order valence-corrected chi connectivity index (χ2v) is 3.18. The maximum atomic E-state index is 10.8. The highest BCUT2D eigenvalue weighted by molar-refractivity contribution is 6.37. The highest BCUT2D eigenvalue weighted by Gasteiger charge is 2.13. The van der Waals surface area contributed by atoms with Gasteiger partial charge in [0.15, 0.2) is 5.75 Å². The highest BCUT2D eigenvalue weighted by Crippen LogP contribution is 2.35. The smallest absolute Gasteiger partial charge is 0.437 e. The minimum absolute atomic E-state index is 0.0365. The molecular weight excluding hydrogens is 229 g/mol. The van der Waals surface area contributed by atoms with Gasteiger partial charge in [-0.2, -0.15) is 0 Å². The molecule has 0 radical (unpaired) electrons. The molecule has 0 aliphatic carbocycles. The van der Waals surface area contributed by atoms with Crippen molar-refractivity contribution in [1.82, 2.24) is 0 Å². The standard InChI is InChI=1S/C8H7Cl2NO3/c1-13-8(12)14-7-5(9)2-4(11)3-6(7)10/h2-3H,11H2,1H3. The second-order valence-electron chi connectivity index (χ2n) is 2.37. The maximum Gasteiger partial charge on any atom is 0.513 e. The molecule has 0 aromatic heterocycles. The molecule has 6 heteroatoms. The third-order valence-electron chi connectivity index (χ3n) is 1.37. The predicted molar refractivity (Wildman–Crippen MR) is 53.9 cm³/mol. The van der Waals surface area contributed by atoms with Crippen LogP contribution in [0.2, 0.25) is 10.0 Å². The number of hydrogen-bond acceptors (Lipinski definition) is 4. The Labute approximate surface area is 90.5 Å². The third-order valence-corrected chi connectivity index (χ3v) is 1.93. The first-order chi connectivity index (χ1) is 6.54. The zero-order valence-corrected chi connectivity index (χ0v) is 8.72. The van der Waals surface area contributed by atoms with E-state index in [1.807, 2.05) is 0 Å². The monoisotopic (exact) mass is 235 g/mol. The minimum Gasteiger partial charge on any atom is -0.437 e. The number of methoxy groups -OCH3 is 1. The molecule has 76 valence electrons. The number of rotatable bonds is 1. The predicted octanol–water partition coefficient (Wildman–Crippen LogP) is 2.72. The number of carbonyl (C=O) groups is 1. The molecule has 0 atom stereocenters. The van der Waals surface area contributed by atoms with E-state index in [0.717, 1.165) is 0 Å². The van der Waals surface area contributed by atoms with Crippen molar-refractivity contribution in [2.45, 2.75) is 0 Å². The number of hydrogen-bond donors (Lipinski definition) is 1. The van der Waals surface area contributed by atoms with Gasteiger partial charge < -0.3 is 15.2 Å². The number of nitrogen functional groups attached to an aromatic ring is 1. The summed E-state index contributed by atoms with van der Waals surface area (Å²) in [6.07, 6.45) is -0.890. The summed E-state index contributed by atoms with van der Waals surface area (Å²) >= 11 is 11.5. The van der Waals surface area contributed by atoms with Crippen molar-refractivity contribution in [3.8, 4) is 5.75 Å². The number of nitrogens with two attached hydrogens (primary N) is 1. The Morgan fingerprint density at radius 1 is 1.36 bits per heavy atom. The van der Waals surface area contributed by atoms with Crippen LogP contribution in [0.1, 0.15) is 0 Å². The summed E-state index contributed by atoms with van der Waals surface area (Å²) in [7, 11) is 1.18. The number of ether oxygens (including phenoxy) is 2. The van der Waals surface area contributed by atoms with Gasteiger partial charge in [-0.15, -0.1) is 0 Å². The Bertz CT molecular complexity index is 345. The van der Waals surface area contributed by atoms with E-state index in [1.54, 1.807) is 0 Å². The summed E-state index contributed by atoms with van der Waals surface area (Å²) in [5.41, 5.74) is 5.84. The lowest BCUT2D eigenvalue weighted by Crippen LogP contribution is -2.08. The van der Waals surface area contributed by atoms with Crippen LogP contribution >= 0.6 is 23.2 Å². The van der Waals surface area contributed by atoms with Gasteiger partial charge in [0.25, 0.3) is 0 Å². The van der Waals surface area contributed by atoms with Crippen LogP contribution in [0.25, 0.3) is 0 Å². The Balaban J connectivity index is 3.02. The Morgan fingerprint density at radius 3 is 2.29 bits per heavy atom.